The predicted octanol–water partition coefficient (Wildman–Crippen LogP) is 0.894. The van der Waals surface area contributed by atoms with Gasteiger partial charge in [0.25, 0.3) is 0 Å². The van der Waals surface area contributed by atoms with Crippen LogP contribution >= 0.6 is 0 Å². The topological polar surface area (TPSA) is 116 Å². The summed E-state index contributed by atoms with van der Waals surface area (Å²) >= 11 is 0. The fourth-order valence-electron chi connectivity index (χ4n) is 2.00. The van der Waals surface area contributed by atoms with Gasteiger partial charge in [-0.15, -0.1) is 0 Å². The van der Waals surface area contributed by atoms with Crippen molar-refractivity contribution in [1.29, 1.82) is 5.26 Å². The van der Waals surface area contributed by atoms with Crippen molar-refractivity contribution in [3.63, 3.8) is 0 Å². The van der Waals surface area contributed by atoms with Crippen LogP contribution in [0, 0.1) is 11.3 Å². The second kappa shape index (κ2) is 9.79. The Morgan fingerprint density at radius 3 is 2.40 bits per heavy atom. The zero-order chi connectivity index (χ0) is 18.9. The molecule has 0 bridgehead atoms. The van der Waals surface area contributed by atoms with Gasteiger partial charge in [0, 0.05) is 19.0 Å². The van der Waals surface area contributed by atoms with E-state index in [4.69, 9.17) is 5.26 Å². The summed E-state index contributed by atoms with van der Waals surface area (Å²) in [6, 6.07) is 8.17. The van der Waals surface area contributed by atoms with E-state index in [2.05, 4.69) is 10.6 Å². The molecule has 1 aromatic rings. The van der Waals surface area contributed by atoms with E-state index in [-0.39, 0.29) is 30.7 Å². The summed E-state index contributed by atoms with van der Waals surface area (Å²) in [5.41, 5.74) is 0.953. The number of sulfone groups is 1. The Labute approximate surface area is 148 Å². The predicted molar refractivity (Wildman–Crippen MR) is 94.2 cm³/mol. The van der Waals surface area contributed by atoms with E-state index >= 15 is 0 Å². The van der Waals surface area contributed by atoms with E-state index < -0.39 is 21.5 Å². The SMILES string of the molecule is CCC(C)NC(=O)CCNC(=O)CS(=O)(=O)Cc1ccc(C#N)cc1. The number of hydrogen-bond acceptors (Lipinski definition) is 5. The number of hydrogen-bond donors (Lipinski definition) is 2. The van der Waals surface area contributed by atoms with Crippen molar-refractivity contribution < 1.29 is 18.0 Å². The van der Waals surface area contributed by atoms with Crippen LogP contribution in [0.5, 0.6) is 0 Å². The van der Waals surface area contributed by atoms with Crippen molar-refractivity contribution in [2.24, 2.45) is 0 Å². The second-order valence-electron chi connectivity index (χ2n) is 5.82. The van der Waals surface area contributed by atoms with Gasteiger partial charge in [-0.25, -0.2) is 8.42 Å². The number of nitriles is 1. The average molecular weight is 365 g/mol. The molecule has 0 saturated carbocycles. The Bertz CT molecular complexity index is 736. The minimum Gasteiger partial charge on any atom is -0.355 e. The van der Waals surface area contributed by atoms with Crippen molar-refractivity contribution >= 4 is 21.7 Å². The number of carbonyl (C=O) groups excluding carboxylic acids is 2. The van der Waals surface area contributed by atoms with Crippen LogP contribution in [-0.4, -0.2) is 38.6 Å². The molecule has 1 aromatic carbocycles. The van der Waals surface area contributed by atoms with E-state index in [1.165, 1.54) is 12.1 Å². The Kier molecular flexibility index (Phi) is 8.08. The molecule has 0 heterocycles. The summed E-state index contributed by atoms with van der Waals surface area (Å²) in [5, 5.41) is 13.9. The van der Waals surface area contributed by atoms with Gasteiger partial charge in [-0.1, -0.05) is 19.1 Å². The highest BCUT2D eigenvalue weighted by Crippen LogP contribution is 2.08. The molecule has 0 fully saturated rings. The minimum absolute atomic E-state index is 0.0657. The summed E-state index contributed by atoms with van der Waals surface area (Å²) < 4.78 is 24.1. The Morgan fingerprint density at radius 1 is 1.20 bits per heavy atom. The second-order valence-corrected chi connectivity index (χ2v) is 7.88. The molecule has 1 atom stereocenters. The van der Waals surface area contributed by atoms with Gasteiger partial charge in [0.05, 0.1) is 17.4 Å². The lowest BCUT2D eigenvalue weighted by Crippen LogP contribution is -2.36. The standard InChI is InChI=1S/C17H23N3O4S/c1-3-13(2)20-16(21)8-9-19-17(22)12-25(23,24)11-15-6-4-14(10-18)5-7-15/h4-7,13H,3,8-9,11-12H2,1-2H3,(H,19,22)(H,20,21). The monoisotopic (exact) mass is 365 g/mol. The molecule has 1 unspecified atom stereocenters. The van der Waals surface area contributed by atoms with Crippen molar-refractivity contribution in [2.45, 2.75) is 38.5 Å². The van der Waals surface area contributed by atoms with E-state index in [1.54, 1.807) is 12.1 Å². The van der Waals surface area contributed by atoms with Crippen LogP contribution in [-0.2, 0) is 25.2 Å². The lowest BCUT2D eigenvalue weighted by molar-refractivity contribution is -0.122. The largest absolute Gasteiger partial charge is 0.355 e. The smallest absolute Gasteiger partial charge is 0.235 e. The molecule has 8 heteroatoms. The van der Waals surface area contributed by atoms with E-state index in [0.29, 0.717) is 11.1 Å². The van der Waals surface area contributed by atoms with Gasteiger partial charge >= 0.3 is 0 Å². The molecule has 2 amide bonds. The molecular weight excluding hydrogens is 342 g/mol. The van der Waals surface area contributed by atoms with E-state index in [9.17, 15) is 18.0 Å². The van der Waals surface area contributed by atoms with Gasteiger partial charge in [-0.05, 0) is 31.0 Å². The molecule has 25 heavy (non-hydrogen) atoms. The molecule has 0 saturated heterocycles. The minimum atomic E-state index is -3.62. The van der Waals surface area contributed by atoms with Gasteiger partial charge in [0.2, 0.25) is 11.8 Å². The Balaban J connectivity index is 2.41. The van der Waals surface area contributed by atoms with Crippen LogP contribution in [0.1, 0.15) is 37.8 Å². The fourth-order valence-corrected chi connectivity index (χ4v) is 3.30. The summed E-state index contributed by atoms with van der Waals surface area (Å²) in [5.74, 6) is -1.74. The van der Waals surface area contributed by atoms with E-state index in [1.807, 2.05) is 19.9 Å². The van der Waals surface area contributed by atoms with Gasteiger partial charge in [0.1, 0.15) is 5.75 Å². The maximum absolute atomic E-state index is 12.0. The highest BCUT2D eigenvalue weighted by Gasteiger charge is 2.17. The summed E-state index contributed by atoms with van der Waals surface area (Å²) in [6.07, 6.45) is 0.914. The van der Waals surface area contributed by atoms with Crippen molar-refractivity contribution in [3.8, 4) is 6.07 Å². The average Bonchev–Trinajstić information content (AvgIpc) is 2.54. The maximum Gasteiger partial charge on any atom is 0.235 e. The van der Waals surface area contributed by atoms with Gasteiger partial charge in [0.15, 0.2) is 9.84 Å². The van der Waals surface area contributed by atoms with Gasteiger partial charge in [-0.2, -0.15) is 5.26 Å². The van der Waals surface area contributed by atoms with E-state index in [0.717, 1.165) is 6.42 Å². The van der Waals surface area contributed by atoms with Crippen molar-refractivity contribution in [1.82, 2.24) is 10.6 Å². The molecule has 2 N–H and O–H groups in total. The Hall–Kier alpha value is -2.40. The van der Waals surface area contributed by atoms with Gasteiger partial charge in [-0.3, -0.25) is 9.59 Å². The third-order valence-electron chi connectivity index (χ3n) is 3.51. The third kappa shape index (κ3) is 8.31. The number of carbonyl (C=O) groups is 2. The maximum atomic E-state index is 12.0. The highest BCUT2D eigenvalue weighted by molar-refractivity contribution is 7.91. The van der Waals surface area contributed by atoms with Crippen molar-refractivity contribution in [3.05, 3.63) is 35.4 Å². The molecule has 0 radical (unpaired) electrons. The van der Waals surface area contributed by atoms with Gasteiger partial charge < -0.3 is 10.6 Å². The number of benzene rings is 1. The van der Waals surface area contributed by atoms with Crippen LogP contribution in [0.15, 0.2) is 24.3 Å². The molecule has 0 aliphatic carbocycles. The molecule has 0 aromatic heterocycles. The van der Waals surface area contributed by atoms with Crippen LogP contribution in [0.3, 0.4) is 0 Å². The van der Waals surface area contributed by atoms with Crippen molar-refractivity contribution in [2.75, 3.05) is 12.3 Å². The summed E-state index contributed by atoms with van der Waals surface area (Å²) in [7, 11) is -3.62. The first-order valence-electron chi connectivity index (χ1n) is 8.01. The molecular formula is C17H23N3O4S. The highest BCUT2D eigenvalue weighted by atomic mass is 32.2. The normalized spacial score (nSPS) is 12.0. The Morgan fingerprint density at radius 2 is 1.84 bits per heavy atom. The van der Waals surface area contributed by atoms with Crippen LogP contribution in [0.4, 0.5) is 0 Å². The summed E-state index contributed by atoms with van der Waals surface area (Å²) in [6.45, 7) is 3.92. The number of amides is 2. The number of rotatable bonds is 9. The zero-order valence-corrected chi connectivity index (χ0v) is 15.2. The molecule has 0 aliphatic heterocycles. The number of nitrogens with zero attached hydrogens (tertiary/aromatic N) is 1. The molecule has 1 rings (SSSR count). The molecule has 0 spiro atoms. The quantitative estimate of drug-likeness (QED) is 0.674. The molecule has 7 nitrogen and oxygen atoms in total. The lowest BCUT2D eigenvalue weighted by atomic mass is 10.2. The zero-order valence-electron chi connectivity index (χ0n) is 14.4. The lowest BCUT2D eigenvalue weighted by Gasteiger charge is -2.11. The molecule has 0 aliphatic rings. The first kappa shape index (κ1) is 20.6. The summed E-state index contributed by atoms with van der Waals surface area (Å²) in [4.78, 5) is 23.3. The van der Waals surface area contributed by atoms with Crippen LogP contribution in [0.2, 0.25) is 0 Å². The van der Waals surface area contributed by atoms with Crippen LogP contribution in [0.25, 0.3) is 0 Å². The fraction of sp³-hybridized carbons (Fsp3) is 0.471. The third-order valence-corrected chi connectivity index (χ3v) is 4.99. The van der Waals surface area contributed by atoms with Crippen LogP contribution < -0.4 is 10.6 Å². The number of nitrogens with one attached hydrogen (secondary N) is 2. The molecule has 136 valence electrons. The first-order valence-corrected chi connectivity index (χ1v) is 9.83. The first-order chi connectivity index (χ1) is 11.8.